The predicted molar refractivity (Wildman–Crippen MR) is 122 cm³/mol. The number of halogens is 1. The van der Waals surface area contributed by atoms with Gasteiger partial charge in [-0.25, -0.2) is 0 Å². The molecule has 4 heteroatoms. The summed E-state index contributed by atoms with van der Waals surface area (Å²) < 4.78 is 1.02. The molecule has 152 valence electrons. The third-order valence-electron chi connectivity index (χ3n) is 5.67. The third kappa shape index (κ3) is 5.14. The lowest BCUT2D eigenvalue weighted by Crippen LogP contribution is -2.29. The molecule has 0 unspecified atom stereocenters. The van der Waals surface area contributed by atoms with Crippen molar-refractivity contribution in [2.45, 2.75) is 78.6 Å². The molecule has 1 aromatic heterocycles. The van der Waals surface area contributed by atoms with Gasteiger partial charge in [-0.2, -0.15) is 0 Å². The Balaban J connectivity index is 1.79. The molecule has 3 nitrogen and oxygen atoms in total. The first-order valence-corrected chi connectivity index (χ1v) is 11.6. The van der Waals surface area contributed by atoms with Gasteiger partial charge < -0.3 is 5.32 Å². The van der Waals surface area contributed by atoms with Crippen LogP contribution in [0.1, 0.15) is 88.2 Å². The maximum absolute atomic E-state index is 13.0. The van der Waals surface area contributed by atoms with Crippen molar-refractivity contribution in [3.8, 4) is 0 Å². The maximum Gasteiger partial charge on any atom is 0.167 e. The molecule has 1 aromatic carbocycles. The summed E-state index contributed by atoms with van der Waals surface area (Å²) in [4.78, 5) is 17.9. The number of carbonyl (C=O) groups excluding carboxylic acids is 1. The number of unbranched alkanes of at least 4 members (excludes halogenated alkanes) is 6. The Hall–Kier alpha value is -1.42. The minimum atomic E-state index is -0.0180. The Bertz CT molecular complexity index is 844. The van der Waals surface area contributed by atoms with E-state index in [-0.39, 0.29) is 11.2 Å². The van der Waals surface area contributed by atoms with Crippen LogP contribution in [0, 0.1) is 5.41 Å². The van der Waals surface area contributed by atoms with Gasteiger partial charge in [0.2, 0.25) is 0 Å². The molecule has 0 aliphatic heterocycles. The van der Waals surface area contributed by atoms with Crippen molar-refractivity contribution in [3.05, 3.63) is 33.9 Å². The van der Waals surface area contributed by atoms with Gasteiger partial charge in [-0.1, -0.05) is 75.2 Å². The van der Waals surface area contributed by atoms with Crippen molar-refractivity contribution < 1.29 is 4.79 Å². The van der Waals surface area contributed by atoms with Crippen LogP contribution in [-0.2, 0) is 6.42 Å². The molecule has 1 aliphatic rings. The summed E-state index contributed by atoms with van der Waals surface area (Å²) in [5.41, 5.74) is 3.73. The minimum absolute atomic E-state index is 0.0180. The summed E-state index contributed by atoms with van der Waals surface area (Å²) in [6, 6.07) is 6.16. The monoisotopic (exact) mass is 444 g/mol. The molecular formula is C24H33BrN2O. The molecule has 0 amide bonds. The molecule has 2 aromatic rings. The van der Waals surface area contributed by atoms with E-state index in [1.54, 1.807) is 0 Å². The number of anilines is 1. The molecule has 28 heavy (non-hydrogen) atoms. The molecule has 0 saturated heterocycles. The highest BCUT2D eigenvalue weighted by Crippen LogP contribution is 2.40. The summed E-state index contributed by atoms with van der Waals surface area (Å²) in [7, 11) is 0. The predicted octanol–water partition coefficient (Wildman–Crippen LogP) is 7.31. The van der Waals surface area contributed by atoms with Gasteiger partial charge in [-0.15, -0.1) is 0 Å². The van der Waals surface area contributed by atoms with Crippen molar-refractivity contribution in [2.75, 3.05) is 11.9 Å². The number of fused-ring (bicyclic) bond motifs is 2. The number of pyridine rings is 1. The molecule has 0 spiro atoms. The number of hydrogen-bond donors (Lipinski definition) is 1. The van der Waals surface area contributed by atoms with Crippen molar-refractivity contribution >= 4 is 38.3 Å². The van der Waals surface area contributed by atoms with Gasteiger partial charge in [0.15, 0.2) is 5.78 Å². The van der Waals surface area contributed by atoms with E-state index in [1.807, 2.05) is 12.1 Å². The molecule has 1 N–H and O–H groups in total. The first kappa shape index (κ1) is 21.3. The molecule has 1 aliphatic carbocycles. The van der Waals surface area contributed by atoms with Crippen LogP contribution in [0.3, 0.4) is 0 Å². The Morgan fingerprint density at radius 2 is 1.79 bits per heavy atom. The summed E-state index contributed by atoms with van der Waals surface area (Å²) in [5.74, 6) is 0.225. The first-order valence-electron chi connectivity index (χ1n) is 10.8. The zero-order chi connectivity index (χ0) is 20.1. The Kier molecular flexibility index (Phi) is 7.14. The fraction of sp³-hybridized carbons (Fsp3) is 0.583. The second-order valence-electron chi connectivity index (χ2n) is 8.96. The lowest BCUT2D eigenvalue weighted by Gasteiger charge is -2.31. The van der Waals surface area contributed by atoms with E-state index in [4.69, 9.17) is 4.98 Å². The average molecular weight is 445 g/mol. The second kappa shape index (κ2) is 9.39. The summed E-state index contributed by atoms with van der Waals surface area (Å²) in [6.07, 6.45) is 10.5. The van der Waals surface area contributed by atoms with E-state index < -0.39 is 0 Å². The van der Waals surface area contributed by atoms with Crippen LogP contribution in [0.15, 0.2) is 22.7 Å². The Morgan fingerprint density at radius 3 is 2.54 bits per heavy atom. The molecule has 1 heterocycles. The van der Waals surface area contributed by atoms with Gasteiger partial charge in [0.25, 0.3) is 0 Å². The Labute approximate surface area is 177 Å². The van der Waals surface area contributed by atoms with Crippen molar-refractivity contribution in [1.29, 1.82) is 0 Å². The summed E-state index contributed by atoms with van der Waals surface area (Å²) in [6.45, 7) is 7.48. The van der Waals surface area contributed by atoms with Crippen molar-refractivity contribution in [1.82, 2.24) is 4.98 Å². The average Bonchev–Trinajstić information content (AvgIpc) is 2.62. The number of hydrogen-bond acceptors (Lipinski definition) is 3. The standard InChI is InChI=1S/C24H33BrN2O/c1-4-5-6-7-8-9-10-13-26-23-18-14-17(25)11-12-19(18)27-20-15-24(2,3)16-21(28)22(20)23/h11-12,14H,4-10,13,15-16H2,1-3H3,(H,26,27). The van der Waals surface area contributed by atoms with Crippen LogP contribution >= 0.6 is 15.9 Å². The normalized spacial score (nSPS) is 15.6. The SMILES string of the molecule is CCCCCCCCCNc1c2c(nc3ccc(Br)cc13)CC(C)(C)CC2=O. The summed E-state index contributed by atoms with van der Waals surface area (Å²) >= 11 is 3.58. The first-order chi connectivity index (χ1) is 13.4. The van der Waals surface area contributed by atoms with Gasteiger partial charge in [-0.3, -0.25) is 9.78 Å². The van der Waals surface area contributed by atoms with Gasteiger partial charge in [0.1, 0.15) is 0 Å². The second-order valence-corrected chi connectivity index (χ2v) is 9.87. The van der Waals surface area contributed by atoms with Gasteiger partial charge in [0, 0.05) is 22.8 Å². The number of nitrogens with zero attached hydrogens (tertiary/aromatic N) is 1. The zero-order valence-electron chi connectivity index (χ0n) is 17.5. The quantitative estimate of drug-likeness (QED) is 0.411. The van der Waals surface area contributed by atoms with Gasteiger partial charge in [0.05, 0.1) is 22.5 Å². The number of benzene rings is 1. The van der Waals surface area contributed by atoms with E-state index in [0.717, 1.165) is 51.7 Å². The molecule has 0 fully saturated rings. The van der Waals surface area contributed by atoms with Crippen LogP contribution in [0.2, 0.25) is 0 Å². The molecule has 3 rings (SSSR count). The highest BCUT2D eigenvalue weighted by atomic mass is 79.9. The molecule has 0 saturated carbocycles. The number of Topliss-reactive ketones (excluding diaryl/α,β-unsaturated/α-hetero) is 1. The fourth-order valence-corrected chi connectivity index (χ4v) is 4.59. The van der Waals surface area contributed by atoms with E-state index in [1.165, 1.54) is 38.5 Å². The smallest absolute Gasteiger partial charge is 0.167 e. The number of aromatic nitrogens is 1. The Morgan fingerprint density at radius 1 is 1.07 bits per heavy atom. The van der Waals surface area contributed by atoms with Gasteiger partial charge >= 0.3 is 0 Å². The van der Waals surface area contributed by atoms with Crippen LogP contribution in [0.4, 0.5) is 5.69 Å². The number of nitrogens with one attached hydrogen (secondary N) is 1. The molecule has 0 radical (unpaired) electrons. The lowest BCUT2D eigenvalue weighted by atomic mass is 9.75. The van der Waals surface area contributed by atoms with Crippen LogP contribution in [0.5, 0.6) is 0 Å². The highest BCUT2D eigenvalue weighted by molar-refractivity contribution is 9.10. The molecular weight excluding hydrogens is 412 g/mol. The van der Waals surface area contributed by atoms with Crippen molar-refractivity contribution in [3.63, 3.8) is 0 Å². The van der Waals surface area contributed by atoms with E-state index in [9.17, 15) is 4.79 Å². The summed E-state index contributed by atoms with van der Waals surface area (Å²) in [5, 5.41) is 4.67. The molecule has 0 bridgehead atoms. The number of carbonyl (C=O) groups is 1. The van der Waals surface area contributed by atoms with E-state index >= 15 is 0 Å². The highest BCUT2D eigenvalue weighted by Gasteiger charge is 2.34. The number of ketones is 1. The van der Waals surface area contributed by atoms with Crippen LogP contribution in [0.25, 0.3) is 10.9 Å². The fourth-order valence-electron chi connectivity index (χ4n) is 4.23. The maximum atomic E-state index is 13.0. The molecule has 0 atom stereocenters. The largest absolute Gasteiger partial charge is 0.384 e. The third-order valence-corrected chi connectivity index (χ3v) is 6.16. The van der Waals surface area contributed by atoms with Crippen LogP contribution in [-0.4, -0.2) is 17.3 Å². The van der Waals surface area contributed by atoms with E-state index in [0.29, 0.717) is 6.42 Å². The number of rotatable bonds is 9. The van der Waals surface area contributed by atoms with Crippen LogP contribution < -0.4 is 5.32 Å². The van der Waals surface area contributed by atoms with Crippen molar-refractivity contribution in [2.24, 2.45) is 5.41 Å². The van der Waals surface area contributed by atoms with E-state index in [2.05, 4.69) is 48.1 Å². The minimum Gasteiger partial charge on any atom is -0.384 e. The van der Waals surface area contributed by atoms with Gasteiger partial charge in [-0.05, 0) is 36.5 Å². The topological polar surface area (TPSA) is 42.0 Å². The lowest BCUT2D eigenvalue weighted by molar-refractivity contribution is 0.0911. The zero-order valence-corrected chi connectivity index (χ0v) is 19.1.